The molecule has 48 heavy (non-hydrogen) atoms. The van der Waals surface area contributed by atoms with Gasteiger partial charge >= 0.3 is 6.09 Å². The average Bonchev–Trinajstić information content (AvgIpc) is 3.69. The number of amides is 3. The fraction of sp³-hybridized carbons (Fsp3) is 0.400. The lowest BCUT2D eigenvalue weighted by molar-refractivity contribution is -0.132. The van der Waals surface area contributed by atoms with Crippen LogP contribution in [0, 0.1) is 6.92 Å². The van der Waals surface area contributed by atoms with Crippen molar-refractivity contribution >= 4 is 35.2 Å². The maximum Gasteiger partial charge on any atom is 0.410 e. The Balaban J connectivity index is 1.20. The number of likely N-dealkylation sites (N-methyl/N-ethyl adjacent to an activating group) is 1. The van der Waals surface area contributed by atoms with Crippen molar-refractivity contribution in [3.63, 3.8) is 0 Å². The van der Waals surface area contributed by atoms with Crippen LogP contribution in [0.2, 0.25) is 5.02 Å². The van der Waals surface area contributed by atoms with Crippen LogP contribution in [0.5, 0.6) is 0 Å². The number of nitrogens with one attached hydrogen (secondary N) is 1. The van der Waals surface area contributed by atoms with Gasteiger partial charge in [0.1, 0.15) is 17.1 Å². The van der Waals surface area contributed by atoms with Crippen molar-refractivity contribution in [3.8, 4) is 22.6 Å². The Bertz CT molecular complexity index is 1900. The highest BCUT2D eigenvalue weighted by Gasteiger charge is 2.32. The Morgan fingerprint density at radius 1 is 0.979 bits per heavy atom. The normalized spacial score (nSPS) is 14.3. The van der Waals surface area contributed by atoms with Gasteiger partial charge in [-0.1, -0.05) is 35.9 Å². The number of benzene rings is 2. The molecule has 0 saturated carbocycles. The zero-order valence-corrected chi connectivity index (χ0v) is 29.1. The van der Waals surface area contributed by atoms with Gasteiger partial charge in [0.2, 0.25) is 11.8 Å². The van der Waals surface area contributed by atoms with Crippen LogP contribution in [-0.2, 0) is 42.6 Å². The van der Waals surface area contributed by atoms with Gasteiger partial charge in [-0.3, -0.25) is 9.59 Å². The molecule has 4 aromatic rings. The number of hydrogen-bond donors (Lipinski definition) is 1. The van der Waals surface area contributed by atoms with E-state index in [0.29, 0.717) is 60.7 Å². The number of anilines is 1. The summed E-state index contributed by atoms with van der Waals surface area (Å²) in [6.07, 6.45) is 0.149. The van der Waals surface area contributed by atoms with Gasteiger partial charge in [-0.05, 0) is 65.0 Å². The van der Waals surface area contributed by atoms with E-state index in [2.05, 4.69) is 10.3 Å². The van der Waals surface area contributed by atoms with Crippen LogP contribution in [0.3, 0.4) is 0 Å². The molecule has 2 aliphatic heterocycles. The summed E-state index contributed by atoms with van der Waals surface area (Å²) in [5, 5.41) is 3.32. The molecule has 2 aliphatic rings. The van der Waals surface area contributed by atoms with Crippen LogP contribution in [0.1, 0.15) is 59.8 Å². The summed E-state index contributed by atoms with van der Waals surface area (Å²) < 4.78 is 13.5. The van der Waals surface area contributed by atoms with Crippen molar-refractivity contribution in [2.45, 2.75) is 59.4 Å². The van der Waals surface area contributed by atoms with Crippen molar-refractivity contribution in [1.82, 2.24) is 29.2 Å². The average molecular weight is 674 g/mol. The number of halogens is 1. The number of imidazole rings is 1. The predicted octanol–water partition coefficient (Wildman–Crippen LogP) is 5.65. The van der Waals surface area contributed by atoms with E-state index in [4.69, 9.17) is 25.7 Å². The standard InChI is InChI=1S/C35H40ClN7O5/c1-20-21(10-8-11-22(20)33-39-26-17-43(18-28(26)47-33)29(44)19-40(5)6)23-12-9-13-24(30(23)36)38-32(45)31-37-25-16-42(15-14-27(25)41(31)7)34(46)48-35(2,3)4/h8-13H,14-19H2,1-7H3,(H,38,45). The molecule has 0 spiro atoms. The second-order valence-corrected chi connectivity index (χ2v) is 13.9. The predicted molar refractivity (Wildman–Crippen MR) is 181 cm³/mol. The number of hydrogen-bond acceptors (Lipinski definition) is 8. The van der Waals surface area contributed by atoms with Crippen molar-refractivity contribution < 1.29 is 23.5 Å². The summed E-state index contributed by atoms with van der Waals surface area (Å²) in [6.45, 7) is 9.33. The molecule has 13 heteroatoms. The van der Waals surface area contributed by atoms with E-state index in [-0.39, 0.29) is 18.3 Å². The molecule has 2 aromatic carbocycles. The van der Waals surface area contributed by atoms with Gasteiger partial charge in [0.15, 0.2) is 5.82 Å². The quantitative estimate of drug-likeness (QED) is 0.278. The van der Waals surface area contributed by atoms with Gasteiger partial charge < -0.3 is 33.7 Å². The number of aromatic nitrogens is 3. The third-order valence-corrected chi connectivity index (χ3v) is 8.88. The molecule has 6 rings (SSSR count). The Morgan fingerprint density at radius 3 is 2.38 bits per heavy atom. The minimum absolute atomic E-state index is 0.0295. The van der Waals surface area contributed by atoms with E-state index in [1.54, 1.807) is 27.5 Å². The Labute approximate surface area is 284 Å². The Kier molecular flexibility index (Phi) is 8.82. The molecule has 2 aromatic heterocycles. The highest BCUT2D eigenvalue weighted by molar-refractivity contribution is 6.36. The molecule has 0 bridgehead atoms. The van der Waals surface area contributed by atoms with Gasteiger partial charge in [0, 0.05) is 36.8 Å². The lowest BCUT2D eigenvalue weighted by Crippen LogP contribution is -2.40. The van der Waals surface area contributed by atoms with Gasteiger partial charge in [0.25, 0.3) is 5.91 Å². The molecular formula is C35H40ClN7O5. The molecule has 0 fully saturated rings. The SMILES string of the molecule is Cc1c(-c2nc3c(o2)CN(C(=O)CN(C)C)C3)cccc1-c1cccc(NC(=O)c2nc3c(n2C)CCN(C(=O)OC(C)(C)C)C3)c1Cl. The minimum atomic E-state index is -0.604. The summed E-state index contributed by atoms with van der Waals surface area (Å²) in [5.74, 6) is 1.03. The molecule has 0 unspecified atom stereocenters. The number of nitrogens with zero attached hydrogens (tertiary/aromatic N) is 6. The smallest absolute Gasteiger partial charge is 0.410 e. The third-order valence-electron chi connectivity index (χ3n) is 8.47. The van der Waals surface area contributed by atoms with E-state index >= 15 is 0 Å². The molecule has 0 radical (unpaired) electrons. The van der Waals surface area contributed by atoms with Crippen LogP contribution in [-0.4, -0.2) is 79.9 Å². The first-order valence-corrected chi connectivity index (χ1v) is 16.2. The van der Waals surface area contributed by atoms with Crippen LogP contribution in [0.25, 0.3) is 22.6 Å². The first-order valence-electron chi connectivity index (χ1n) is 15.8. The Morgan fingerprint density at radius 2 is 1.67 bits per heavy atom. The number of carbonyl (C=O) groups is 3. The van der Waals surface area contributed by atoms with Crippen LogP contribution >= 0.6 is 11.6 Å². The van der Waals surface area contributed by atoms with Crippen molar-refractivity contribution in [2.75, 3.05) is 32.5 Å². The second kappa shape index (κ2) is 12.7. The van der Waals surface area contributed by atoms with E-state index in [1.165, 1.54) is 0 Å². The first-order chi connectivity index (χ1) is 22.7. The summed E-state index contributed by atoms with van der Waals surface area (Å²) >= 11 is 6.96. The highest BCUT2D eigenvalue weighted by atomic mass is 35.5. The monoisotopic (exact) mass is 673 g/mol. The van der Waals surface area contributed by atoms with Crippen molar-refractivity contribution in [2.24, 2.45) is 7.05 Å². The van der Waals surface area contributed by atoms with Gasteiger partial charge in [-0.15, -0.1) is 0 Å². The summed E-state index contributed by atoms with van der Waals surface area (Å²) in [5.41, 5.74) is 5.50. The van der Waals surface area contributed by atoms with Crippen molar-refractivity contribution in [1.29, 1.82) is 0 Å². The Hall–Kier alpha value is -4.68. The molecule has 3 amide bonds. The fourth-order valence-electron chi connectivity index (χ4n) is 6.09. The molecule has 4 heterocycles. The maximum atomic E-state index is 13.5. The zero-order chi connectivity index (χ0) is 34.5. The van der Waals surface area contributed by atoms with E-state index in [1.807, 2.05) is 77.0 Å². The molecule has 252 valence electrons. The van der Waals surface area contributed by atoms with Crippen molar-refractivity contribution in [3.05, 3.63) is 75.7 Å². The van der Waals surface area contributed by atoms with E-state index in [0.717, 1.165) is 33.6 Å². The number of rotatable bonds is 6. The molecule has 0 aliphatic carbocycles. The first kappa shape index (κ1) is 33.2. The fourth-order valence-corrected chi connectivity index (χ4v) is 6.36. The lowest BCUT2D eigenvalue weighted by atomic mass is 9.96. The third kappa shape index (κ3) is 6.54. The van der Waals surface area contributed by atoms with Crippen LogP contribution in [0.4, 0.5) is 10.5 Å². The molecule has 0 atom stereocenters. The lowest BCUT2D eigenvalue weighted by Gasteiger charge is -2.29. The summed E-state index contributed by atoms with van der Waals surface area (Å²) in [6, 6.07) is 11.3. The molecular weight excluding hydrogens is 634 g/mol. The van der Waals surface area contributed by atoms with Gasteiger partial charge in [0.05, 0.1) is 42.6 Å². The van der Waals surface area contributed by atoms with Crippen LogP contribution in [0.15, 0.2) is 40.8 Å². The minimum Gasteiger partial charge on any atom is -0.444 e. The maximum absolute atomic E-state index is 13.5. The topological polar surface area (TPSA) is 126 Å². The van der Waals surface area contributed by atoms with E-state index in [9.17, 15) is 14.4 Å². The largest absolute Gasteiger partial charge is 0.444 e. The van der Waals surface area contributed by atoms with Gasteiger partial charge in [-0.25, -0.2) is 14.8 Å². The molecule has 0 saturated heterocycles. The number of ether oxygens (including phenoxy) is 1. The number of oxazole rings is 1. The summed E-state index contributed by atoms with van der Waals surface area (Å²) in [7, 11) is 5.53. The zero-order valence-electron chi connectivity index (χ0n) is 28.3. The van der Waals surface area contributed by atoms with E-state index < -0.39 is 17.6 Å². The van der Waals surface area contributed by atoms with Gasteiger partial charge in [-0.2, -0.15) is 0 Å². The number of carbonyl (C=O) groups excluding carboxylic acids is 3. The second-order valence-electron chi connectivity index (χ2n) is 13.5. The molecule has 12 nitrogen and oxygen atoms in total. The molecule has 1 N–H and O–H groups in total. The summed E-state index contributed by atoms with van der Waals surface area (Å²) in [4.78, 5) is 53.3. The number of fused-ring (bicyclic) bond motifs is 2. The highest BCUT2D eigenvalue weighted by Crippen LogP contribution is 2.39. The van der Waals surface area contributed by atoms with Crippen LogP contribution < -0.4 is 5.32 Å².